The van der Waals surface area contributed by atoms with Gasteiger partial charge in [0.1, 0.15) is 17.3 Å². The fraction of sp³-hybridized carbons (Fsp3) is 0.333. The van der Waals surface area contributed by atoms with Gasteiger partial charge in [-0.1, -0.05) is 11.6 Å². The van der Waals surface area contributed by atoms with Gasteiger partial charge in [0.15, 0.2) is 0 Å². The summed E-state index contributed by atoms with van der Waals surface area (Å²) in [7, 11) is 0. The summed E-state index contributed by atoms with van der Waals surface area (Å²) in [6, 6.07) is 11.6. The SMILES string of the molecule is O=c1[nH]c(C2CC2)nc2c1CN(Cc1ccc(-c3ccc(Cl)cc3)o1)CC2. The van der Waals surface area contributed by atoms with Crippen molar-refractivity contribution >= 4 is 11.6 Å². The van der Waals surface area contributed by atoms with E-state index in [1.54, 1.807) is 0 Å². The normalized spacial score (nSPS) is 17.1. The maximum atomic E-state index is 12.5. The molecule has 2 aliphatic rings. The van der Waals surface area contributed by atoms with Gasteiger partial charge in [-0.25, -0.2) is 4.98 Å². The topological polar surface area (TPSA) is 62.1 Å². The molecule has 1 N–H and O–H groups in total. The number of hydrogen-bond acceptors (Lipinski definition) is 4. The van der Waals surface area contributed by atoms with Crippen LogP contribution in [-0.2, 0) is 19.5 Å². The molecular weight excluding hydrogens is 362 g/mol. The average molecular weight is 382 g/mol. The summed E-state index contributed by atoms with van der Waals surface area (Å²) in [5.74, 6) is 3.07. The Balaban J connectivity index is 1.31. The number of H-pyrrole nitrogens is 1. The molecule has 0 saturated heterocycles. The zero-order valence-corrected chi connectivity index (χ0v) is 15.6. The van der Waals surface area contributed by atoms with E-state index in [-0.39, 0.29) is 5.56 Å². The molecule has 0 unspecified atom stereocenters. The highest BCUT2D eigenvalue weighted by molar-refractivity contribution is 6.30. The number of aromatic nitrogens is 2. The Bertz CT molecular complexity index is 1030. The minimum Gasteiger partial charge on any atom is -0.460 e. The molecule has 1 fully saturated rings. The van der Waals surface area contributed by atoms with E-state index in [1.807, 2.05) is 36.4 Å². The van der Waals surface area contributed by atoms with Gasteiger partial charge in [-0.3, -0.25) is 9.69 Å². The predicted molar refractivity (Wildman–Crippen MR) is 104 cm³/mol. The van der Waals surface area contributed by atoms with Crippen molar-refractivity contribution < 1.29 is 4.42 Å². The lowest BCUT2D eigenvalue weighted by molar-refractivity contribution is 0.223. The number of fused-ring (bicyclic) bond motifs is 1. The molecule has 5 nitrogen and oxygen atoms in total. The Morgan fingerprint density at radius 3 is 2.78 bits per heavy atom. The second-order valence-corrected chi connectivity index (χ2v) is 7.82. The van der Waals surface area contributed by atoms with E-state index < -0.39 is 0 Å². The average Bonchev–Trinajstić information content (AvgIpc) is 3.42. The quantitative estimate of drug-likeness (QED) is 0.738. The largest absolute Gasteiger partial charge is 0.460 e. The standard InChI is InChI=1S/C21H20ClN3O2/c22-15-5-3-13(4-6-15)19-8-7-16(27-19)11-25-10-9-18-17(12-25)21(26)24-20(23-18)14-1-2-14/h3-8,14H,1-2,9-12H2,(H,23,24,26). The monoisotopic (exact) mass is 381 g/mol. The van der Waals surface area contributed by atoms with Crippen LogP contribution < -0.4 is 5.56 Å². The number of aromatic amines is 1. The summed E-state index contributed by atoms with van der Waals surface area (Å²) in [5, 5.41) is 0.709. The van der Waals surface area contributed by atoms with Gasteiger partial charge < -0.3 is 9.40 Å². The van der Waals surface area contributed by atoms with E-state index in [4.69, 9.17) is 21.0 Å². The molecule has 0 spiro atoms. The number of hydrogen-bond donors (Lipinski definition) is 1. The molecule has 1 aliphatic heterocycles. The van der Waals surface area contributed by atoms with Crippen molar-refractivity contribution in [2.45, 2.75) is 38.3 Å². The number of halogens is 1. The van der Waals surface area contributed by atoms with Crippen LogP contribution in [0.4, 0.5) is 0 Å². The van der Waals surface area contributed by atoms with Gasteiger partial charge in [-0.05, 0) is 49.2 Å². The minimum absolute atomic E-state index is 0.0212. The lowest BCUT2D eigenvalue weighted by Crippen LogP contribution is -2.35. The summed E-state index contributed by atoms with van der Waals surface area (Å²) in [4.78, 5) is 22.4. The van der Waals surface area contributed by atoms with Gasteiger partial charge in [0.2, 0.25) is 0 Å². The first-order chi connectivity index (χ1) is 13.2. The van der Waals surface area contributed by atoms with E-state index in [0.29, 0.717) is 24.0 Å². The van der Waals surface area contributed by atoms with Crippen LogP contribution in [0.15, 0.2) is 45.6 Å². The molecule has 1 aromatic carbocycles. The maximum absolute atomic E-state index is 12.5. The minimum atomic E-state index is 0.0212. The first-order valence-electron chi connectivity index (χ1n) is 9.35. The third-order valence-corrected chi connectivity index (χ3v) is 5.55. The van der Waals surface area contributed by atoms with E-state index in [1.165, 1.54) is 0 Å². The Hall–Kier alpha value is -2.37. The molecule has 0 radical (unpaired) electrons. The summed E-state index contributed by atoms with van der Waals surface area (Å²) in [6.07, 6.45) is 3.09. The molecule has 3 heterocycles. The number of nitrogens with zero attached hydrogens (tertiary/aromatic N) is 2. The molecule has 2 aromatic heterocycles. The highest BCUT2D eigenvalue weighted by Crippen LogP contribution is 2.37. The van der Waals surface area contributed by atoms with Gasteiger partial charge >= 0.3 is 0 Å². The second kappa shape index (κ2) is 6.66. The van der Waals surface area contributed by atoms with E-state index in [0.717, 1.165) is 60.0 Å². The lowest BCUT2D eigenvalue weighted by Gasteiger charge is -2.26. The fourth-order valence-corrected chi connectivity index (χ4v) is 3.76. The Morgan fingerprint density at radius 2 is 2.00 bits per heavy atom. The van der Waals surface area contributed by atoms with Gasteiger partial charge in [-0.15, -0.1) is 0 Å². The molecule has 3 aromatic rings. The van der Waals surface area contributed by atoms with Crippen LogP contribution in [0, 0.1) is 0 Å². The highest BCUT2D eigenvalue weighted by Gasteiger charge is 2.29. The van der Waals surface area contributed by atoms with Gasteiger partial charge in [0.25, 0.3) is 5.56 Å². The molecule has 27 heavy (non-hydrogen) atoms. The second-order valence-electron chi connectivity index (χ2n) is 7.38. The smallest absolute Gasteiger partial charge is 0.255 e. The maximum Gasteiger partial charge on any atom is 0.255 e. The van der Waals surface area contributed by atoms with Gasteiger partial charge in [0.05, 0.1) is 17.8 Å². The zero-order valence-electron chi connectivity index (χ0n) is 14.9. The molecule has 6 heteroatoms. The Kier molecular flexibility index (Phi) is 4.14. The van der Waals surface area contributed by atoms with Crippen molar-refractivity contribution in [2.75, 3.05) is 6.54 Å². The molecule has 0 amide bonds. The van der Waals surface area contributed by atoms with Crippen LogP contribution >= 0.6 is 11.6 Å². The summed E-state index contributed by atoms with van der Waals surface area (Å²) < 4.78 is 6.00. The van der Waals surface area contributed by atoms with Crippen molar-refractivity contribution in [2.24, 2.45) is 0 Å². The molecule has 138 valence electrons. The van der Waals surface area contributed by atoms with Crippen molar-refractivity contribution in [3.05, 3.63) is 74.6 Å². The molecular formula is C21H20ClN3O2. The van der Waals surface area contributed by atoms with Gasteiger partial charge in [-0.2, -0.15) is 0 Å². The fourth-order valence-electron chi connectivity index (χ4n) is 3.64. The van der Waals surface area contributed by atoms with Crippen LogP contribution in [0.3, 0.4) is 0 Å². The van der Waals surface area contributed by atoms with E-state index >= 15 is 0 Å². The first-order valence-corrected chi connectivity index (χ1v) is 9.72. The zero-order chi connectivity index (χ0) is 18.4. The number of benzene rings is 1. The molecule has 5 rings (SSSR count). The summed E-state index contributed by atoms with van der Waals surface area (Å²) in [5.41, 5.74) is 2.80. The summed E-state index contributed by atoms with van der Waals surface area (Å²) >= 11 is 5.95. The molecule has 0 atom stereocenters. The highest BCUT2D eigenvalue weighted by atomic mass is 35.5. The van der Waals surface area contributed by atoms with Crippen LogP contribution in [0.2, 0.25) is 5.02 Å². The van der Waals surface area contributed by atoms with Crippen molar-refractivity contribution in [1.29, 1.82) is 0 Å². The number of furan rings is 1. The summed E-state index contributed by atoms with van der Waals surface area (Å²) in [6.45, 7) is 2.17. The van der Waals surface area contributed by atoms with E-state index in [9.17, 15) is 4.79 Å². The molecule has 1 saturated carbocycles. The van der Waals surface area contributed by atoms with Crippen LogP contribution in [0.5, 0.6) is 0 Å². The van der Waals surface area contributed by atoms with Crippen LogP contribution in [0.25, 0.3) is 11.3 Å². The van der Waals surface area contributed by atoms with Crippen molar-refractivity contribution in [3.63, 3.8) is 0 Å². The third kappa shape index (κ3) is 3.45. The Labute approximate surface area is 162 Å². The predicted octanol–water partition coefficient (Wildman–Crippen LogP) is 4.12. The van der Waals surface area contributed by atoms with Crippen LogP contribution in [-0.4, -0.2) is 21.4 Å². The number of rotatable bonds is 4. The van der Waals surface area contributed by atoms with E-state index in [2.05, 4.69) is 9.88 Å². The lowest BCUT2D eigenvalue weighted by atomic mass is 10.1. The molecule has 0 bridgehead atoms. The van der Waals surface area contributed by atoms with Crippen molar-refractivity contribution in [3.8, 4) is 11.3 Å². The third-order valence-electron chi connectivity index (χ3n) is 5.30. The Morgan fingerprint density at radius 1 is 1.19 bits per heavy atom. The molecule has 1 aliphatic carbocycles. The number of nitrogens with one attached hydrogen (secondary N) is 1. The van der Waals surface area contributed by atoms with Crippen LogP contribution in [0.1, 0.15) is 41.6 Å². The van der Waals surface area contributed by atoms with Gasteiger partial charge in [0, 0.05) is 36.0 Å². The first kappa shape index (κ1) is 16.8. The van der Waals surface area contributed by atoms with Crippen molar-refractivity contribution in [1.82, 2.24) is 14.9 Å².